The second-order valence-corrected chi connectivity index (χ2v) is 5.99. The minimum absolute atomic E-state index is 0.604. The predicted molar refractivity (Wildman–Crippen MR) is 72.2 cm³/mol. The van der Waals surface area contributed by atoms with Gasteiger partial charge in [0.05, 0.1) is 5.56 Å². The molecule has 18 heavy (non-hydrogen) atoms. The molecule has 4 nitrogen and oxygen atoms in total. The normalized spacial score (nSPS) is 20.1. The quantitative estimate of drug-likeness (QED) is 0.796. The number of hydrogen-bond donors (Lipinski definition) is 0. The van der Waals surface area contributed by atoms with E-state index < -0.39 is 0 Å². The van der Waals surface area contributed by atoms with Crippen LogP contribution in [-0.4, -0.2) is 31.9 Å². The van der Waals surface area contributed by atoms with Crippen LogP contribution < -0.4 is 0 Å². The van der Waals surface area contributed by atoms with Crippen molar-refractivity contribution in [2.45, 2.75) is 30.9 Å². The Morgan fingerprint density at radius 2 is 2.39 bits per heavy atom. The highest BCUT2D eigenvalue weighted by Crippen LogP contribution is 2.27. The summed E-state index contributed by atoms with van der Waals surface area (Å²) in [5.41, 5.74) is 1.27. The zero-order valence-corrected chi connectivity index (χ0v) is 10.9. The molecule has 94 valence electrons. The van der Waals surface area contributed by atoms with Gasteiger partial charge in [-0.15, -0.1) is 10.2 Å². The van der Waals surface area contributed by atoms with E-state index in [0.717, 1.165) is 18.5 Å². The molecule has 0 N–H and O–H groups in total. The van der Waals surface area contributed by atoms with Gasteiger partial charge in [-0.3, -0.25) is 9.20 Å². The number of carbonyl (C=O) groups is 1. The van der Waals surface area contributed by atoms with Crippen LogP contribution in [0.4, 0.5) is 0 Å². The molecule has 3 heterocycles. The summed E-state index contributed by atoms with van der Waals surface area (Å²) in [5, 5.41) is 9.01. The van der Waals surface area contributed by atoms with E-state index in [9.17, 15) is 4.79 Å². The first-order chi connectivity index (χ1) is 8.88. The average molecular weight is 261 g/mol. The monoisotopic (exact) mass is 261 g/mol. The molecule has 3 rings (SSSR count). The Kier molecular flexibility index (Phi) is 3.32. The minimum Gasteiger partial charge on any atom is -0.298 e. The Morgan fingerprint density at radius 1 is 1.44 bits per heavy atom. The van der Waals surface area contributed by atoms with Crippen molar-refractivity contribution in [3.63, 3.8) is 0 Å². The third-order valence-electron chi connectivity index (χ3n) is 3.35. The summed E-state index contributed by atoms with van der Waals surface area (Å²) >= 11 is 2.03. The number of aldehydes is 1. The Balaban J connectivity index is 1.90. The van der Waals surface area contributed by atoms with Crippen molar-refractivity contribution >= 4 is 23.7 Å². The Morgan fingerprint density at radius 3 is 3.17 bits per heavy atom. The van der Waals surface area contributed by atoms with Gasteiger partial charge in [0.1, 0.15) is 5.82 Å². The molecule has 0 saturated carbocycles. The second-order valence-electron chi connectivity index (χ2n) is 4.58. The van der Waals surface area contributed by atoms with E-state index in [1.807, 2.05) is 28.4 Å². The van der Waals surface area contributed by atoms with Gasteiger partial charge in [0.15, 0.2) is 11.9 Å². The first-order valence-electron chi connectivity index (χ1n) is 6.28. The number of nitrogens with zero attached hydrogens (tertiary/aromatic N) is 3. The molecular weight excluding hydrogens is 246 g/mol. The maximum absolute atomic E-state index is 10.9. The fourth-order valence-corrected chi connectivity index (χ4v) is 3.69. The average Bonchev–Trinajstić information content (AvgIpc) is 2.83. The molecule has 0 spiro atoms. The molecule has 1 saturated heterocycles. The van der Waals surface area contributed by atoms with E-state index in [2.05, 4.69) is 10.2 Å². The van der Waals surface area contributed by atoms with Crippen LogP contribution >= 0.6 is 11.8 Å². The number of fused-ring (bicyclic) bond motifs is 1. The summed E-state index contributed by atoms with van der Waals surface area (Å²) in [6, 6.07) is 3.65. The molecule has 1 fully saturated rings. The van der Waals surface area contributed by atoms with Crippen molar-refractivity contribution < 1.29 is 4.79 Å². The first kappa shape index (κ1) is 11.7. The van der Waals surface area contributed by atoms with Crippen molar-refractivity contribution in [3.05, 3.63) is 29.7 Å². The molecule has 5 heteroatoms. The number of aromatic nitrogens is 3. The maximum atomic E-state index is 10.9. The van der Waals surface area contributed by atoms with Crippen molar-refractivity contribution in [2.24, 2.45) is 0 Å². The number of rotatable bonds is 3. The maximum Gasteiger partial charge on any atom is 0.171 e. The van der Waals surface area contributed by atoms with Gasteiger partial charge in [-0.05, 0) is 30.7 Å². The summed E-state index contributed by atoms with van der Waals surface area (Å²) < 4.78 is 1.94. The van der Waals surface area contributed by atoms with Crippen LogP contribution in [0.5, 0.6) is 0 Å². The van der Waals surface area contributed by atoms with Gasteiger partial charge in [-0.2, -0.15) is 11.8 Å². The van der Waals surface area contributed by atoms with Crippen LogP contribution in [0, 0.1) is 0 Å². The highest BCUT2D eigenvalue weighted by molar-refractivity contribution is 7.99. The fourth-order valence-electron chi connectivity index (χ4n) is 2.39. The largest absolute Gasteiger partial charge is 0.298 e. The number of thioether (sulfide) groups is 1. The lowest BCUT2D eigenvalue weighted by Crippen LogP contribution is -2.14. The van der Waals surface area contributed by atoms with Crippen LogP contribution in [0.1, 0.15) is 35.4 Å². The standard InChI is InChI=1S/C13H15N3OS/c17-9-10-4-3-6-16-12(14-15-13(10)16)8-11-5-1-2-7-18-11/h3-4,6,9,11H,1-2,5,7-8H2. The SMILES string of the molecule is O=Cc1cccn2c(CC3CCCCS3)nnc12. The summed E-state index contributed by atoms with van der Waals surface area (Å²) in [6.07, 6.45) is 7.61. The van der Waals surface area contributed by atoms with E-state index in [1.165, 1.54) is 25.0 Å². The molecule has 0 aromatic carbocycles. The lowest BCUT2D eigenvalue weighted by atomic mass is 10.1. The van der Waals surface area contributed by atoms with Gasteiger partial charge in [-0.25, -0.2) is 0 Å². The van der Waals surface area contributed by atoms with Gasteiger partial charge >= 0.3 is 0 Å². The molecule has 0 bridgehead atoms. The van der Waals surface area contributed by atoms with Crippen LogP contribution in [0.3, 0.4) is 0 Å². The smallest absolute Gasteiger partial charge is 0.171 e. The summed E-state index contributed by atoms with van der Waals surface area (Å²) in [5.74, 6) is 2.22. The molecule has 2 aromatic heterocycles. The third-order valence-corrected chi connectivity index (χ3v) is 4.74. The minimum atomic E-state index is 0.604. The predicted octanol–water partition coefficient (Wildman–Crippen LogP) is 2.37. The third kappa shape index (κ3) is 2.14. The molecule has 0 amide bonds. The van der Waals surface area contributed by atoms with Gasteiger partial charge in [0.2, 0.25) is 0 Å². The van der Waals surface area contributed by atoms with Crippen molar-refractivity contribution in [1.82, 2.24) is 14.6 Å². The molecular formula is C13H15N3OS. The summed E-state index contributed by atoms with van der Waals surface area (Å²) in [4.78, 5) is 10.9. The highest BCUT2D eigenvalue weighted by Gasteiger charge is 2.18. The van der Waals surface area contributed by atoms with Gasteiger partial charge in [0, 0.05) is 17.9 Å². The van der Waals surface area contributed by atoms with Crippen LogP contribution in [0.15, 0.2) is 18.3 Å². The van der Waals surface area contributed by atoms with E-state index in [4.69, 9.17) is 0 Å². The number of pyridine rings is 1. The van der Waals surface area contributed by atoms with Crippen molar-refractivity contribution in [1.29, 1.82) is 0 Å². The number of carbonyl (C=O) groups excluding carboxylic acids is 1. The molecule has 1 unspecified atom stereocenters. The van der Waals surface area contributed by atoms with E-state index in [1.54, 1.807) is 6.07 Å². The molecule has 2 aromatic rings. The topological polar surface area (TPSA) is 47.3 Å². The van der Waals surface area contributed by atoms with Crippen molar-refractivity contribution in [2.75, 3.05) is 5.75 Å². The first-order valence-corrected chi connectivity index (χ1v) is 7.33. The summed E-state index contributed by atoms with van der Waals surface area (Å²) in [6.45, 7) is 0. The molecule has 1 aliphatic rings. The lowest BCUT2D eigenvalue weighted by Gasteiger charge is -2.20. The number of hydrogen-bond acceptors (Lipinski definition) is 4. The lowest BCUT2D eigenvalue weighted by molar-refractivity contribution is 0.112. The molecule has 1 aliphatic heterocycles. The zero-order chi connectivity index (χ0) is 12.4. The van der Waals surface area contributed by atoms with E-state index >= 15 is 0 Å². The fraction of sp³-hybridized carbons (Fsp3) is 0.462. The Labute approximate surface area is 110 Å². The van der Waals surface area contributed by atoms with Crippen molar-refractivity contribution in [3.8, 4) is 0 Å². The Bertz CT molecular complexity index is 560. The van der Waals surface area contributed by atoms with Gasteiger partial charge in [-0.1, -0.05) is 6.42 Å². The molecule has 0 radical (unpaired) electrons. The van der Waals surface area contributed by atoms with Gasteiger partial charge < -0.3 is 0 Å². The zero-order valence-electron chi connectivity index (χ0n) is 10.1. The van der Waals surface area contributed by atoms with Crippen LogP contribution in [0.25, 0.3) is 5.65 Å². The summed E-state index contributed by atoms with van der Waals surface area (Å²) in [7, 11) is 0. The van der Waals surface area contributed by atoms with Crippen LogP contribution in [0.2, 0.25) is 0 Å². The van der Waals surface area contributed by atoms with Crippen LogP contribution in [-0.2, 0) is 6.42 Å². The molecule has 1 atom stereocenters. The van der Waals surface area contributed by atoms with E-state index in [-0.39, 0.29) is 0 Å². The van der Waals surface area contributed by atoms with Gasteiger partial charge in [0.25, 0.3) is 0 Å². The second kappa shape index (κ2) is 5.10. The highest BCUT2D eigenvalue weighted by atomic mass is 32.2. The van der Waals surface area contributed by atoms with E-state index in [0.29, 0.717) is 16.5 Å². The Hall–Kier alpha value is -1.36. The molecule has 0 aliphatic carbocycles.